The first kappa shape index (κ1) is 15.1. The Morgan fingerprint density at radius 1 is 1.40 bits per heavy atom. The van der Waals surface area contributed by atoms with Gasteiger partial charge in [0.25, 0.3) is 0 Å². The van der Waals surface area contributed by atoms with E-state index in [9.17, 15) is 8.42 Å². The monoisotopic (exact) mass is 301 g/mol. The van der Waals surface area contributed by atoms with Gasteiger partial charge in [0.15, 0.2) is 0 Å². The number of nitrogens with one attached hydrogen (secondary N) is 2. The maximum Gasteiger partial charge on any atom is 0.243 e. The summed E-state index contributed by atoms with van der Waals surface area (Å²) in [6.07, 6.45) is 3.70. The molecule has 4 N–H and O–H groups in total. The largest absolute Gasteiger partial charge is 0.375 e. The SMILES string of the molecule is CC1(C)CC(NS(=O)(=O)c2cnc(NN)nc2)CCO1. The number of anilines is 1. The number of hydrazine groups is 1. The smallest absolute Gasteiger partial charge is 0.243 e. The second kappa shape index (κ2) is 5.60. The van der Waals surface area contributed by atoms with Crippen molar-refractivity contribution < 1.29 is 13.2 Å². The second-order valence-corrected chi connectivity index (χ2v) is 7.02. The van der Waals surface area contributed by atoms with Crippen LogP contribution in [-0.2, 0) is 14.8 Å². The lowest BCUT2D eigenvalue weighted by atomic mass is 9.95. The number of nitrogens with zero attached hydrogens (tertiary/aromatic N) is 2. The number of aromatic nitrogens is 2. The standard InChI is InChI=1S/C11H19N5O3S/c1-11(2)5-8(3-4-19-11)16-20(17,18)9-6-13-10(15-12)14-7-9/h6-8,16H,3-5,12H2,1-2H3,(H,13,14,15). The lowest BCUT2D eigenvalue weighted by Crippen LogP contribution is -2.45. The molecule has 0 saturated carbocycles. The van der Waals surface area contributed by atoms with Crippen LogP contribution in [0.25, 0.3) is 0 Å². The fraction of sp³-hybridized carbons (Fsp3) is 0.636. The zero-order valence-electron chi connectivity index (χ0n) is 11.5. The Morgan fingerprint density at radius 3 is 2.60 bits per heavy atom. The summed E-state index contributed by atoms with van der Waals surface area (Å²) in [5.41, 5.74) is 1.92. The minimum atomic E-state index is -3.63. The van der Waals surface area contributed by atoms with E-state index in [4.69, 9.17) is 10.6 Å². The minimum absolute atomic E-state index is 0.0146. The van der Waals surface area contributed by atoms with Crippen LogP contribution in [0.3, 0.4) is 0 Å². The van der Waals surface area contributed by atoms with Gasteiger partial charge in [0.05, 0.1) is 18.0 Å². The summed E-state index contributed by atoms with van der Waals surface area (Å²) in [6, 6.07) is -0.156. The van der Waals surface area contributed by atoms with Crippen LogP contribution in [-0.4, -0.2) is 36.6 Å². The summed E-state index contributed by atoms with van der Waals surface area (Å²) < 4.78 is 32.7. The van der Waals surface area contributed by atoms with Crippen LogP contribution >= 0.6 is 0 Å². The number of sulfonamides is 1. The summed E-state index contributed by atoms with van der Waals surface area (Å²) in [4.78, 5) is 7.60. The molecule has 0 radical (unpaired) electrons. The Labute approximate surface area is 118 Å². The van der Waals surface area contributed by atoms with E-state index >= 15 is 0 Å². The summed E-state index contributed by atoms with van der Waals surface area (Å²) in [7, 11) is -3.63. The van der Waals surface area contributed by atoms with E-state index in [0.717, 1.165) is 0 Å². The number of nitrogen functional groups attached to an aromatic ring is 1. The van der Waals surface area contributed by atoms with Gasteiger partial charge in [-0.1, -0.05) is 0 Å². The first-order chi connectivity index (χ1) is 9.32. The highest BCUT2D eigenvalue weighted by atomic mass is 32.2. The van der Waals surface area contributed by atoms with Gasteiger partial charge in [-0.15, -0.1) is 0 Å². The van der Waals surface area contributed by atoms with Crippen molar-refractivity contribution in [3.8, 4) is 0 Å². The Kier molecular flexibility index (Phi) is 4.23. The molecule has 1 aromatic heterocycles. The lowest BCUT2D eigenvalue weighted by Gasteiger charge is -2.35. The van der Waals surface area contributed by atoms with E-state index in [1.807, 2.05) is 13.8 Å². The zero-order chi connectivity index (χ0) is 14.8. The first-order valence-electron chi connectivity index (χ1n) is 6.27. The van der Waals surface area contributed by atoms with Crippen LogP contribution in [0.1, 0.15) is 26.7 Å². The van der Waals surface area contributed by atoms with E-state index in [1.54, 1.807) is 0 Å². The molecule has 20 heavy (non-hydrogen) atoms. The average molecular weight is 301 g/mol. The van der Waals surface area contributed by atoms with E-state index in [0.29, 0.717) is 19.4 Å². The van der Waals surface area contributed by atoms with E-state index in [-0.39, 0.29) is 22.5 Å². The molecule has 112 valence electrons. The van der Waals surface area contributed by atoms with Gasteiger partial charge in [-0.2, -0.15) is 0 Å². The zero-order valence-corrected chi connectivity index (χ0v) is 12.3. The minimum Gasteiger partial charge on any atom is -0.375 e. The van der Waals surface area contributed by atoms with Gasteiger partial charge in [0.1, 0.15) is 4.90 Å². The van der Waals surface area contributed by atoms with Crippen LogP contribution < -0.4 is 16.0 Å². The molecule has 0 aromatic carbocycles. The van der Waals surface area contributed by atoms with Gasteiger partial charge in [-0.25, -0.2) is 29.0 Å². The number of rotatable bonds is 4. The number of hydrogen-bond acceptors (Lipinski definition) is 7. The maximum absolute atomic E-state index is 12.2. The summed E-state index contributed by atoms with van der Waals surface area (Å²) in [5.74, 6) is 5.30. The quantitative estimate of drug-likeness (QED) is 0.529. The van der Waals surface area contributed by atoms with Crippen molar-refractivity contribution in [1.82, 2.24) is 14.7 Å². The molecule has 0 amide bonds. The molecular formula is C11H19N5O3S. The molecule has 2 rings (SSSR count). The summed E-state index contributed by atoms with van der Waals surface area (Å²) in [5, 5.41) is 0. The molecule has 1 aliphatic rings. The van der Waals surface area contributed by atoms with Crippen molar-refractivity contribution in [3.63, 3.8) is 0 Å². The molecule has 1 unspecified atom stereocenters. The third kappa shape index (κ3) is 3.63. The second-order valence-electron chi connectivity index (χ2n) is 5.31. The third-order valence-corrected chi connectivity index (χ3v) is 4.56. The summed E-state index contributed by atoms with van der Waals surface area (Å²) >= 11 is 0. The van der Waals surface area contributed by atoms with Gasteiger partial charge in [0, 0.05) is 12.6 Å². The molecule has 1 fully saturated rings. The Hall–Kier alpha value is -1.29. The van der Waals surface area contributed by atoms with Crippen LogP contribution in [0.4, 0.5) is 5.95 Å². The van der Waals surface area contributed by atoms with E-state index in [2.05, 4.69) is 20.1 Å². The van der Waals surface area contributed by atoms with Gasteiger partial charge in [0.2, 0.25) is 16.0 Å². The van der Waals surface area contributed by atoms with Crippen molar-refractivity contribution in [2.75, 3.05) is 12.0 Å². The van der Waals surface area contributed by atoms with Gasteiger partial charge in [-0.05, 0) is 26.7 Å². The molecule has 0 spiro atoms. The van der Waals surface area contributed by atoms with Crippen LogP contribution in [0.5, 0.6) is 0 Å². The Bertz CT molecular complexity index is 558. The number of hydrogen-bond donors (Lipinski definition) is 3. The summed E-state index contributed by atoms with van der Waals surface area (Å²) in [6.45, 7) is 4.42. The topological polar surface area (TPSA) is 119 Å². The molecule has 1 saturated heterocycles. The highest BCUT2D eigenvalue weighted by molar-refractivity contribution is 7.89. The van der Waals surface area contributed by atoms with Crippen molar-refractivity contribution in [1.29, 1.82) is 0 Å². The molecule has 2 heterocycles. The first-order valence-corrected chi connectivity index (χ1v) is 7.76. The van der Waals surface area contributed by atoms with Crippen LogP contribution in [0.2, 0.25) is 0 Å². The molecule has 1 aromatic rings. The van der Waals surface area contributed by atoms with Crippen molar-refractivity contribution in [2.24, 2.45) is 5.84 Å². The maximum atomic E-state index is 12.2. The number of ether oxygens (including phenoxy) is 1. The molecular weight excluding hydrogens is 282 g/mol. The highest BCUT2D eigenvalue weighted by Crippen LogP contribution is 2.25. The van der Waals surface area contributed by atoms with Crippen LogP contribution in [0, 0.1) is 0 Å². The van der Waals surface area contributed by atoms with Crippen LogP contribution in [0.15, 0.2) is 17.3 Å². The predicted molar refractivity (Wildman–Crippen MR) is 73.2 cm³/mol. The molecule has 1 aliphatic heterocycles. The van der Waals surface area contributed by atoms with Gasteiger partial charge < -0.3 is 4.74 Å². The van der Waals surface area contributed by atoms with E-state index < -0.39 is 10.0 Å². The Balaban J connectivity index is 2.10. The van der Waals surface area contributed by atoms with Crippen molar-refractivity contribution in [3.05, 3.63) is 12.4 Å². The molecule has 9 heteroatoms. The van der Waals surface area contributed by atoms with Gasteiger partial charge in [-0.3, -0.25) is 5.43 Å². The Morgan fingerprint density at radius 2 is 2.05 bits per heavy atom. The van der Waals surface area contributed by atoms with Crippen molar-refractivity contribution >= 4 is 16.0 Å². The van der Waals surface area contributed by atoms with Gasteiger partial charge >= 0.3 is 0 Å². The number of nitrogens with two attached hydrogens (primary N) is 1. The molecule has 0 aliphatic carbocycles. The predicted octanol–water partition coefficient (Wildman–Crippen LogP) is -0.00190. The normalized spacial score (nSPS) is 22.4. The molecule has 0 bridgehead atoms. The molecule has 1 atom stereocenters. The van der Waals surface area contributed by atoms with E-state index in [1.165, 1.54) is 12.4 Å². The highest BCUT2D eigenvalue weighted by Gasteiger charge is 2.31. The van der Waals surface area contributed by atoms with Crippen molar-refractivity contribution in [2.45, 2.75) is 43.2 Å². The lowest BCUT2D eigenvalue weighted by molar-refractivity contribution is -0.0599. The molecule has 8 nitrogen and oxygen atoms in total. The fourth-order valence-electron chi connectivity index (χ4n) is 2.15. The third-order valence-electron chi connectivity index (χ3n) is 3.09. The average Bonchev–Trinajstić information content (AvgIpc) is 2.37. The fourth-order valence-corrected chi connectivity index (χ4v) is 3.31.